The van der Waals surface area contributed by atoms with Gasteiger partial charge in [-0.3, -0.25) is 0 Å². The third-order valence-electron chi connectivity index (χ3n) is 0.645. The predicted molar refractivity (Wildman–Crippen MR) is 31.9 cm³/mol. The Kier molecular flexibility index (Phi) is 3.16. The average Bonchev–Trinajstić information content (AvgIpc) is 1.65. The third-order valence-corrected chi connectivity index (χ3v) is 0.645. The summed E-state index contributed by atoms with van der Waals surface area (Å²) in [5.74, 6) is 0. The molecule has 3 heteroatoms. The summed E-state index contributed by atoms with van der Waals surface area (Å²) in [6, 6.07) is 1.95. The van der Waals surface area contributed by atoms with Gasteiger partial charge < -0.3 is 0 Å². The number of nitriles is 1. The maximum atomic E-state index is 8.24. The highest BCUT2D eigenvalue weighted by Gasteiger charge is 1.95. The summed E-state index contributed by atoms with van der Waals surface area (Å²) in [5, 5.41) is 10.0. The van der Waals surface area contributed by atoms with Crippen molar-refractivity contribution in [2.45, 2.75) is 13.0 Å². The van der Waals surface area contributed by atoms with E-state index in [4.69, 9.17) is 5.26 Å². The van der Waals surface area contributed by atoms with E-state index in [1.807, 2.05) is 20.2 Å². The molecule has 0 amide bonds. The van der Waals surface area contributed by atoms with E-state index in [2.05, 4.69) is 5.43 Å². The van der Waals surface area contributed by atoms with Gasteiger partial charge in [-0.2, -0.15) is 5.26 Å². The highest BCUT2D eigenvalue weighted by Crippen LogP contribution is 1.75. The molecule has 8 heavy (non-hydrogen) atoms. The molecule has 1 atom stereocenters. The molecule has 0 radical (unpaired) electrons. The molecule has 0 aromatic rings. The zero-order valence-electron chi connectivity index (χ0n) is 5.47. The van der Waals surface area contributed by atoms with Crippen LogP contribution in [0.15, 0.2) is 0 Å². The Bertz CT molecular complexity index is 92.3. The summed E-state index contributed by atoms with van der Waals surface area (Å²) in [7, 11) is 3.71. The number of hydrazine groups is 1. The summed E-state index contributed by atoms with van der Waals surface area (Å²) in [6.45, 7) is 1.81. The van der Waals surface area contributed by atoms with Crippen molar-refractivity contribution in [3.63, 3.8) is 0 Å². The van der Waals surface area contributed by atoms with Crippen molar-refractivity contribution in [3.8, 4) is 6.07 Å². The highest BCUT2D eigenvalue weighted by molar-refractivity contribution is 4.83. The number of nitrogens with one attached hydrogen (secondary N) is 1. The Morgan fingerprint density at radius 2 is 2.12 bits per heavy atom. The molecule has 46 valence electrons. The fraction of sp³-hybridized carbons (Fsp3) is 0.800. The first-order valence-electron chi connectivity index (χ1n) is 2.50. The number of rotatable bonds is 2. The van der Waals surface area contributed by atoms with E-state index in [1.54, 1.807) is 11.9 Å². The molecule has 0 bridgehead atoms. The van der Waals surface area contributed by atoms with Crippen LogP contribution in [0.2, 0.25) is 0 Å². The Morgan fingerprint density at radius 1 is 1.62 bits per heavy atom. The van der Waals surface area contributed by atoms with Crippen LogP contribution in [0, 0.1) is 11.3 Å². The van der Waals surface area contributed by atoms with E-state index < -0.39 is 0 Å². The molecular weight excluding hydrogens is 102 g/mol. The van der Waals surface area contributed by atoms with Gasteiger partial charge in [0.05, 0.1) is 6.07 Å². The minimum atomic E-state index is -0.0926. The molecule has 0 aliphatic heterocycles. The van der Waals surface area contributed by atoms with Gasteiger partial charge in [0.2, 0.25) is 0 Å². The maximum absolute atomic E-state index is 8.24. The molecule has 0 aliphatic rings. The number of hydrogen-bond donors (Lipinski definition) is 1. The Morgan fingerprint density at radius 3 is 2.25 bits per heavy atom. The predicted octanol–water partition coefficient (Wildman–Crippen LogP) is -0.0353. The van der Waals surface area contributed by atoms with Crippen molar-refractivity contribution >= 4 is 0 Å². The molecule has 3 nitrogen and oxygen atoms in total. The second kappa shape index (κ2) is 3.42. The largest absolute Gasteiger partial charge is 0.249 e. The lowest BCUT2D eigenvalue weighted by Gasteiger charge is -2.12. The van der Waals surface area contributed by atoms with Crippen molar-refractivity contribution in [1.82, 2.24) is 10.4 Å². The molecule has 0 heterocycles. The van der Waals surface area contributed by atoms with Gasteiger partial charge in [0, 0.05) is 14.1 Å². The summed E-state index contributed by atoms with van der Waals surface area (Å²) >= 11 is 0. The first-order valence-corrected chi connectivity index (χ1v) is 2.50. The van der Waals surface area contributed by atoms with Gasteiger partial charge in [0.15, 0.2) is 0 Å². The minimum Gasteiger partial charge on any atom is -0.249 e. The average molecular weight is 113 g/mol. The number of hydrogen-bond acceptors (Lipinski definition) is 3. The summed E-state index contributed by atoms with van der Waals surface area (Å²) in [5.41, 5.74) is 2.86. The second-order valence-corrected chi connectivity index (χ2v) is 1.87. The Balaban J connectivity index is 3.28. The van der Waals surface area contributed by atoms with E-state index >= 15 is 0 Å². The van der Waals surface area contributed by atoms with Gasteiger partial charge in [-0.25, -0.2) is 10.4 Å². The lowest BCUT2D eigenvalue weighted by molar-refractivity contribution is 0.274. The van der Waals surface area contributed by atoms with Crippen LogP contribution >= 0.6 is 0 Å². The van der Waals surface area contributed by atoms with Crippen LogP contribution in [0.3, 0.4) is 0 Å². The van der Waals surface area contributed by atoms with Crippen molar-refractivity contribution in [2.75, 3.05) is 14.1 Å². The topological polar surface area (TPSA) is 39.1 Å². The number of nitrogens with zero attached hydrogens (tertiary/aromatic N) is 2. The van der Waals surface area contributed by atoms with Gasteiger partial charge in [-0.1, -0.05) is 0 Å². The van der Waals surface area contributed by atoms with Gasteiger partial charge in [-0.05, 0) is 6.92 Å². The van der Waals surface area contributed by atoms with E-state index in [-0.39, 0.29) is 6.04 Å². The van der Waals surface area contributed by atoms with Crippen molar-refractivity contribution in [2.24, 2.45) is 0 Å². The van der Waals surface area contributed by atoms with Crippen LogP contribution in [-0.2, 0) is 0 Å². The van der Waals surface area contributed by atoms with E-state index in [0.717, 1.165) is 0 Å². The second-order valence-electron chi connectivity index (χ2n) is 1.87. The molecule has 1 N–H and O–H groups in total. The van der Waals surface area contributed by atoms with Gasteiger partial charge >= 0.3 is 0 Å². The molecule has 0 aliphatic carbocycles. The zero-order chi connectivity index (χ0) is 6.57. The smallest absolute Gasteiger partial charge is 0.105 e. The monoisotopic (exact) mass is 113 g/mol. The van der Waals surface area contributed by atoms with Crippen LogP contribution in [0.5, 0.6) is 0 Å². The lowest BCUT2D eigenvalue weighted by Crippen LogP contribution is -2.36. The maximum Gasteiger partial charge on any atom is 0.105 e. The standard InChI is InChI=1S/C5H11N3/c1-5(4-6)7-8(2)3/h5,7H,1-3H3. The molecular formula is C5H11N3. The van der Waals surface area contributed by atoms with Gasteiger partial charge in [-0.15, -0.1) is 0 Å². The van der Waals surface area contributed by atoms with Crippen LogP contribution in [-0.4, -0.2) is 25.1 Å². The summed E-state index contributed by atoms with van der Waals surface area (Å²) in [4.78, 5) is 0. The zero-order valence-corrected chi connectivity index (χ0v) is 5.47. The summed E-state index contributed by atoms with van der Waals surface area (Å²) in [6.07, 6.45) is 0. The van der Waals surface area contributed by atoms with Crippen LogP contribution < -0.4 is 5.43 Å². The molecule has 0 saturated heterocycles. The van der Waals surface area contributed by atoms with Crippen LogP contribution in [0.4, 0.5) is 0 Å². The lowest BCUT2D eigenvalue weighted by atomic mass is 10.4. The summed E-state index contributed by atoms with van der Waals surface area (Å²) < 4.78 is 0. The van der Waals surface area contributed by atoms with Gasteiger partial charge in [0.1, 0.15) is 6.04 Å². The SMILES string of the molecule is CC(C#N)NN(C)C. The van der Waals surface area contributed by atoms with E-state index in [0.29, 0.717) is 0 Å². The van der Waals surface area contributed by atoms with Crippen molar-refractivity contribution in [3.05, 3.63) is 0 Å². The quantitative estimate of drug-likeness (QED) is 0.511. The van der Waals surface area contributed by atoms with Crippen molar-refractivity contribution < 1.29 is 0 Å². The molecule has 0 aromatic carbocycles. The third kappa shape index (κ3) is 3.59. The molecule has 0 saturated carbocycles. The Labute approximate surface area is 49.9 Å². The normalized spacial score (nSPS) is 13.4. The molecule has 0 fully saturated rings. The van der Waals surface area contributed by atoms with Crippen LogP contribution in [0.25, 0.3) is 0 Å². The van der Waals surface area contributed by atoms with Gasteiger partial charge in [0.25, 0.3) is 0 Å². The molecule has 0 spiro atoms. The molecule has 0 rings (SSSR count). The fourth-order valence-electron chi connectivity index (χ4n) is 0.416. The molecule has 0 aromatic heterocycles. The van der Waals surface area contributed by atoms with E-state index in [9.17, 15) is 0 Å². The van der Waals surface area contributed by atoms with E-state index in [1.165, 1.54) is 0 Å². The Hall–Kier alpha value is -0.590. The highest BCUT2D eigenvalue weighted by atomic mass is 15.5. The first-order chi connectivity index (χ1) is 3.66. The van der Waals surface area contributed by atoms with Crippen LogP contribution in [0.1, 0.15) is 6.92 Å². The molecule has 1 unspecified atom stereocenters. The minimum absolute atomic E-state index is 0.0926. The fourth-order valence-corrected chi connectivity index (χ4v) is 0.416. The first kappa shape index (κ1) is 7.41. The van der Waals surface area contributed by atoms with Crippen molar-refractivity contribution in [1.29, 1.82) is 5.26 Å².